The van der Waals surface area contributed by atoms with Crippen molar-refractivity contribution in [2.45, 2.75) is 31.4 Å². The molecule has 2 atom stereocenters. The van der Waals surface area contributed by atoms with E-state index in [0.717, 1.165) is 12.8 Å². The summed E-state index contributed by atoms with van der Waals surface area (Å²) in [6, 6.07) is 1.26. The average molecular weight is 285 g/mol. The highest BCUT2D eigenvalue weighted by atomic mass is 19.2. The predicted octanol–water partition coefficient (Wildman–Crippen LogP) is 2.40. The standard InChI is InChI=1S/C14H14F3NO2/c15-9-5-8(6-10(16)12(9)17)14(19)18-11-3-4-20-13(11)7-1-2-7/h5-7,11,13H,1-4H2,(H,18,19). The molecule has 2 fully saturated rings. The van der Waals surface area contributed by atoms with Crippen LogP contribution in [0.2, 0.25) is 0 Å². The van der Waals surface area contributed by atoms with Crippen molar-refractivity contribution in [2.24, 2.45) is 5.92 Å². The van der Waals surface area contributed by atoms with E-state index in [1.165, 1.54) is 0 Å². The predicted molar refractivity (Wildman–Crippen MR) is 64.7 cm³/mol. The molecule has 0 spiro atoms. The third-order valence-electron chi connectivity index (χ3n) is 3.78. The highest BCUT2D eigenvalue weighted by Gasteiger charge is 2.41. The van der Waals surface area contributed by atoms with Crippen LogP contribution in [0.3, 0.4) is 0 Å². The van der Waals surface area contributed by atoms with Crippen LogP contribution in [0.25, 0.3) is 0 Å². The van der Waals surface area contributed by atoms with E-state index in [-0.39, 0.29) is 17.7 Å². The number of hydrogen-bond acceptors (Lipinski definition) is 2. The Kier molecular flexibility index (Phi) is 3.41. The molecule has 0 aromatic heterocycles. The van der Waals surface area contributed by atoms with Gasteiger partial charge >= 0.3 is 0 Å². The zero-order valence-corrected chi connectivity index (χ0v) is 10.7. The number of rotatable bonds is 3. The number of amides is 1. The van der Waals surface area contributed by atoms with Crippen LogP contribution in [0, 0.1) is 23.4 Å². The molecule has 20 heavy (non-hydrogen) atoms. The van der Waals surface area contributed by atoms with Gasteiger partial charge in [0.05, 0.1) is 12.1 Å². The van der Waals surface area contributed by atoms with Crippen LogP contribution < -0.4 is 5.32 Å². The molecule has 3 rings (SSSR count). The summed E-state index contributed by atoms with van der Waals surface area (Å²) in [4.78, 5) is 12.0. The maximum atomic E-state index is 13.1. The molecule has 1 saturated carbocycles. The van der Waals surface area contributed by atoms with Crippen LogP contribution in [-0.2, 0) is 4.74 Å². The Morgan fingerprint density at radius 1 is 1.15 bits per heavy atom. The first-order valence-electron chi connectivity index (χ1n) is 6.63. The third kappa shape index (κ3) is 2.52. The van der Waals surface area contributed by atoms with E-state index in [2.05, 4.69) is 5.32 Å². The van der Waals surface area contributed by atoms with Gasteiger partial charge in [0.15, 0.2) is 17.5 Å². The molecule has 2 unspecified atom stereocenters. The molecule has 1 aromatic rings. The fraction of sp³-hybridized carbons (Fsp3) is 0.500. The zero-order chi connectivity index (χ0) is 14.3. The zero-order valence-electron chi connectivity index (χ0n) is 10.7. The van der Waals surface area contributed by atoms with Gasteiger partial charge in [-0.05, 0) is 37.3 Å². The minimum atomic E-state index is -1.57. The summed E-state index contributed by atoms with van der Waals surface area (Å²) in [5, 5.41) is 2.72. The number of nitrogens with one attached hydrogen (secondary N) is 1. The number of carbonyl (C=O) groups excluding carboxylic acids is 1. The maximum Gasteiger partial charge on any atom is 0.251 e. The van der Waals surface area contributed by atoms with Gasteiger partial charge in [0, 0.05) is 12.2 Å². The third-order valence-corrected chi connectivity index (χ3v) is 3.78. The first-order chi connectivity index (χ1) is 9.56. The summed E-state index contributed by atoms with van der Waals surface area (Å²) in [7, 11) is 0. The Hall–Kier alpha value is -1.56. The number of carbonyl (C=O) groups is 1. The van der Waals surface area contributed by atoms with Crippen molar-refractivity contribution in [1.29, 1.82) is 0 Å². The molecule has 1 N–H and O–H groups in total. The van der Waals surface area contributed by atoms with E-state index in [1.807, 2.05) is 0 Å². The molecule has 1 aliphatic heterocycles. The maximum absolute atomic E-state index is 13.1. The van der Waals surface area contributed by atoms with Crippen LogP contribution >= 0.6 is 0 Å². The highest BCUT2D eigenvalue weighted by Crippen LogP contribution is 2.38. The van der Waals surface area contributed by atoms with Gasteiger partial charge in [-0.25, -0.2) is 13.2 Å². The van der Waals surface area contributed by atoms with Gasteiger partial charge in [-0.3, -0.25) is 4.79 Å². The highest BCUT2D eigenvalue weighted by molar-refractivity contribution is 5.94. The van der Waals surface area contributed by atoms with Crippen molar-refractivity contribution in [3.63, 3.8) is 0 Å². The molecular formula is C14H14F3NO2. The van der Waals surface area contributed by atoms with Crippen molar-refractivity contribution in [1.82, 2.24) is 5.32 Å². The number of ether oxygens (including phenoxy) is 1. The first-order valence-corrected chi connectivity index (χ1v) is 6.63. The molecular weight excluding hydrogens is 271 g/mol. The monoisotopic (exact) mass is 285 g/mol. The average Bonchev–Trinajstić information content (AvgIpc) is 3.16. The second-order valence-corrected chi connectivity index (χ2v) is 5.30. The van der Waals surface area contributed by atoms with Crippen molar-refractivity contribution >= 4 is 5.91 Å². The SMILES string of the molecule is O=C(NC1CCOC1C1CC1)c1cc(F)c(F)c(F)c1. The number of benzene rings is 1. The van der Waals surface area contributed by atoms with Crippen molar-refractivity contribution < 1.29 is 22.7 Å². The lowest BCUT2D eigenvalue weighted by molar-refractivity contribution is 0.0729. The topological polar surface area (TPSA) is 38.3 Å². The van der Waals surface area contributed by atoms with Crippen LogP contribution in [0.5, 0.6) is 0 Å². The fourth-order valence-corrected chi connectivity index (χ4v) is 2.59. The molecule has 3 nitrogen and oxygen atoms in total. The number of halogens is 3. The Morgan fingerprint density at radius 3 is 2.40 bits per heavy atom. The molecule has 108 valence electrons. The summed E-state index contributed by atoms with van der Waals surface area (Å²) in [5.41, 5.74) is -0.220. The lowest BCUT2D eigenvalue weighted by Crippen LogP contribution is -2.41. The molecule has 1 amide bonds. The van der Waals surface area contributed by atoms with Gasteiger partial charge in [-0.2, -0.15) is 0 Å². The molecule has 1 aromatic carbocycles. The minimum Gasteiger partial charge on any atom is -0.376 e. The van der Waals surface area contributed by atoms with E-state index >= 15 is 0 Å². The molecule has 0 radical (unpaired) electrons. The van der Waals surface area contributed by atoms with Gasteiger partial charge in [0.2, 0.25) is 0 Å². The van der Waals surface area contributed by atoms with Crippen LogP contribution in [0.1, 0.15) is 29.6 Å². The van der Waals surface area contributed by atoms with Crippen molar-refractivity contribution in [3.05, 3.63) is 35.1 Å². The van der Waals surface area contributed by atoms with Crippen LogP contribution in [0.15, 0.2) is 12.1 Å². The fourth-order valence-electron chi connectivity index (χ4n) is 2.59. The minimum absolute atomic E-state index is 0.0194. The smallest absolute Gasteiger partial charge is 0.251 e. The Bertz CT molecular complexity index is 522. The summed E-state index contributed by atoms with van der Waals surface area (Å²) >= 11 is 0. The summed E-state index contributed by atoms with van der Waals surface area (Å²) in [5.74, 6) is -4.44. The van der Waals surface area contributed by atoms with E-state index in [0.29, 0.717) is 31.1 Å². The second kappa shape index (κ2) is 5.09. The first kappa shape index (κ1) is 13.4. The molecule has 6 heteroatoms. The molecule has 1 saturated heterocycles. The van der Waals surface area contributed by atoms with Gasteiger partial charge in [-0.15, -0.1) is 0 Å². The molecule has 0 bridgehead atoms. The Morgan fingerprint density at radius 2 is 1.80 bits per heavy atom. The lowest BCUT2D eigenvalue weighted by atomic mass is 10.1. The normalized spacial score (nSPS) is 25.8. The molecule has 2 aliphatic rings. The largest absolute Gasteiger partial charge is 0.376 e. The van der Waals surface area contributed by atoms with Gasteiger partial charge in [0.1, 0.15) is 0 Å². The Balaban J connectivity index is 1.72. The lowest BCUT2D eigenvalue weighted by Gasteiger charge is -2.19. The summed E-state index contributed by atoms with van der Waals surface area (Å²) < 4.78 is 44.6. The molecule has 1 aliphatic carbocycles. The van der Waals surface area contributed by atoms with Gasteiger partial charge in [0.25, 0.3) is 5.91 Å². The van der Waals surface area contributed by atoms with Crippen molar-refractivity contribution in [2.75, 3.05) is 6.61 Å². The number of hydrogen-bond donors (Lipinski definition) is 1. The van der Waals surface area contributed by atoms with E-state index in [9.17, 15) is 18.0 Å². The van der Waals surface area contributed by atoms with E-state index in [1.54, 1.807) is 0 Å². The van der Waals surface area contributed by atoms with Crippen LogP contribution in [0.4, 0.5) is 13.2 Å². The van der Waals surface area contributed by atoms with Crippen LogP contribution in [-0.4, -0.2) is 24.7 Å². The molecule has 1 heterocycles. The van der Waals surface area contributed by atoms with Gasteiger partial charge in [-0.1, -0.05) is 0 Å². The quantitative estimate of drug-likeness (QED) is 0.866. The van der Waals surface area contributed by atoms with Crippen molar-refractivity contribution in [3.8, 4) is 0 Å². The Labute approximate surface area is 114 Å². The summed E-state index contributed by atoms with van der Waals surface area (Å²) in [6.07, 6.45) is 2.82. The summed E-state index contributed by atoms with van der Waals surface area (Å²) in [6.45, 7) is 0.568. The van der Waals surface area contributed by atoms with E-state index in [4.69, 9.17) is 4.74 Å². The van der Waals surface area contributed by atoms with Gasteiger partial charge < -0.3 is 10.1 Å². The second-order valence-electron chi connectivity index (χ2n) is 5.30. The van der Waals surface area contributed by atoms with E-state index < -0.39 is 23.4 Å².